The number of ketones is 1. The molecule has 0 amide bonds. The van der Waals surface area contributed by atoms with Gasteiger partial charge >= 0.3 is 0 Å². The zero-order chi connectivity index (χ0) is 19.8. The Labute approximate surface area is 158 Å². The van der Waals surface area contributed by atoms with Crippen molar-refractivity contribution in [1.29, 1.82) is 0 Å². The number of methoxy groups -OCH3 is 1. The van der Waals surface area contributed by atoms with E-state index in [0.717, 1.165) is 23.3 Å². The molecule has 5 nitrogen and oxygen atoms in total. The number of carbonyl (C=O) groups excluding carboxylic acids is 1. The molecule has 28 heavy (non-hydrogen) atoms. The Morgan fingerprint density at radius 2 is 1.86 bits per heavy atom. The van der Waals surface area contributed by atoms with Crippen LogP contribution in [0.1, 0.15) is 15.9 Å². The Hall–Kier alpha value is -3.74. The van der Waals surface area contributed by atoms with Crippen molar-refractivity contribution < 1.29 is 18.3 Å². The highest BCUT2D eigenvalue weighted by Gasteiger charge is 2.23. The van der Waals surface area contributed by atoms with Crippen LogP contribution in [-0.2, 0) is 0 Å². The van der Waals surface area contributed by atoms with E-state index in [1.165, 1.54) is 6.20 Å². The lowest BCUT2D eigenvalue weighted by atomic mass is 10.00. The quantitative estimate of drug-likeness (QED) is 0.408. The summed E-state index contributed by atoms with van der Waals surface area (Å²) in [5.41, 5.74) is 6.67. The van der Waals surface area contributed by atoms with Crippen molar-refractivity contribution in [2.24, 2.45) is 0 Å². The van der Waals surface area contributed by atoms with Gasteiger partial charge in [0, 0.05) is 28.9 Å². The van der Waals surface area contributed by atoms with E-state index in [-0.39, 0.29) is 11.3 Å². The average Bonchev–Trinajstić information content (AvgIpc) is 3.14. The van der Waals surface area contributed by atoms with E-state index in [1.807, 2.05) is 12.1 Å². The first-order valence-corrected chi connectivity index (χ1v) is 8.39. The van der Waals surface area contributed by atoms with Crippen LogP contribution >= 0.6 is 0 Å². The van der Waals surface area contributed by atoms with Gasteiger partial charge in [-0.05, 0) is 35.9 Å². The van der Waals surface area contributed by atoms with Crippen molar-refractivity contribution in [2.75, 3.05) is 12.8 Å². The van der Waals surface area contributed by atoms with Gasteiger partial charge in [0.2, 0.25) is 5.78 Å². The fourth-order valence-corrected chi connectivity index (χ4v) is 3.04. The number of nitrogens with two attached hydrogens (primary N) is 1. The Balaban J connectivity index is 1.82. The fraction of sp³-hybridized carbons (Fsp3) is 0.0476. The number of hydrogen-bond acceptors (Lipinski definition) is 4. The summed E-state index contributed by atoms with van der Waals surface area (Å²) in [5, 5.41) is 0.458. The highest BCUT2D eigenvalue weighted by atomic mass is 19.1. The molecule has 0 unspecified atom stereocenters. The van der Waals surface area contributed by atoms with Gasteiger partial charge in [-0.25, -0.2) is 13.8 Å². The van der Waals surface area contributed by atoms with Crippen LogP contribution in [0.4, 0.5) is 14.5 Å². The Bertz CT molecular complexity index is 1200. The zero-order valence-corrected chi connectivity index (χ0v) is 14.8. The maximum Gasteiger partial charge on any atom is 0.201 e. The third kappa shape index (κ3) is 2.87. The summed E-state index contributed by atoms with van der Waals surface area (Å²) in [5.74, 6) is -2.13. The molecule has 140 valence electrons. The van der Waals surface area contributed by atoms with Crippen molar-refractivity contribution in [3.8, 4) is 16.9 Å². The molecule has 4 aromatic rings. The highest BCUT2D eigenvalue weighted by Crippen LogP contribution is 2.29. The first-order chi connectivity index (χ1) is 13.5. The fourth-order valence-electron chi connectivity index (χ4n) is 3.04. The van der Waals surface area contributed by atoms with Gasteiger partial charge in [-0.3, -0.25) is 4.79 Å². The van der Waals surface area contributed by atoms with Crippen molar-refractivity contribution in [1.82, 2.24) is 9.97 Å². The molecular weight excluding hydrogens is 364 g/mol. The second kappa shape index (κ2) is 6.77. The molecule has 0 aliphatic heterocycles. The number of fused-ring (bicyclic) bond motifs is 1. The molecule has 2 aromatic heterocycles. The summed E-state index contributed by atoms with van der Waals surface area (Å²) in [6.45, 7) is 0. The topological polar surface area (TPSA) is 81.0 Å². The van der Waals surface area contributed by atoms with Crippen LogP contribution in [-0.4, -0.2) is 22.9 Å². The molecule has 4 rings (SSSR count). The number of anilines is 1. The number of carbonyl (C=O) groups is 1. The van der Waals surface area contributed by atoms with Crippen molar-refractivity contribution in [2.45, 2.75) is 0 Å². The number of nitrogens with zero attached hydrogens (tertiary/aromatic N) is 1. The number of pyridine rings is 1. The van der Waals surface area contributed by atoms with Crippen molar-refractivity contribution in [3.63, 3.8) is 0 Å². The largest absolute Gasteiger partial charge is 0.497 e. The van der Waals surface area contributed by atoms with Gasteiger partial charge in [0.25, 0.3) is 0 Å². The van der Waals surface area contributed by atoms with Crippen LogP contribution in [0.25, 0.3) is 22.2 Å². The van der Waals surface area contributed by atoms with Gasteiger partial charge in [-0.1, -0.05) is 12.1 Å². The monoisotopic (exact) mass is 379 g/mol. The maximum atomic E-state index is 14.3. The maximum absolute atomic E-state index is 14.3. The Kier molecular flexibility index (Phi) is 4.27. The lowest BCUT2D eigenvalue weighted by Crippen LogP contribution is -2.09. The van der Waals surface area contributed by atoms with Crippen LogP contribution in [0, 0.1) is 11.6 Å². The lowest BCUT2D eigenvalue weighted by molar-refractivity contribution is 0.103. The van der Waals surface area contributed by atoms with E-state index in [4.69, 9.17) is 10.5 Å². The summed E-state index contributed by atoms with van der Waals surface area (Å²) in [6, 6.07) is 11.1. The number of aromatic nitrogens is 2. The summed E-state index contributed by atoms with van der Waals surface area (Å²) < 4.78 is 33.6. The number of ether oxygens (including phenoxy) is 1. The number of nitrogens with one attached hydrogen (secondary N) is 1. The van der Waals surface area contributed by atoms with Crippen LogP contribution in [0.15, 0.2) is 54.9 Å². The lowest BCUT2D eigenvalue weighted by Gasteiger charge is -2.07. The number of aromatic amines is 1. The second-order valence-electron chi connectivity index (χ2n) is 6.21. The Morgan fingerprint density at radius 1 is 1.11 bits per heavy atom. The molecule has 0 spiro atoms. The Morgan fingerprint density at radius 3 is 2.57 bits per heavy atom. The van der Waals surface area contributed by atoms with Gasteiger partial charge in [0.1, 0.15) is 17.2 Å². The number of rotatable bonds is 4. The van der Waals surface area contributed by atoms with Crippen molar-refractivity contribution >= 4 is 22.5 Å². The predicted molar refractivity (Wildman–Crippen MR) is 102 cm³/mol. The van der Waals surface area contributed by atoms with E-state index >= 15 is 0 Å². The van der Waals surface area contributed by atoms with Gasteiger partial charge < -0.3 is 15.5 Å². The van der Waals surface area contributed by atoms with E-state index in [2.05, 4.69) is 9.97 Å². The SMILES string of the molecule is COc1ccc(-c2cnc3[nH]cc(C(=O)c4c(F)ccc(N)c4F)c3c2)cc1. The molecule has 0 saturated carbocycles. The first kappa shape index (κ1) is 17.7. The van der Waals surface area contributed by atoms with Gasteiger partial charge in [0.05, 0.1) is 18.4 Å². The summed E-state index contributed by atoms with van der Waals surface area (Å²) in [6.07, 6.45) is 3.04. The summed E-state index contributed by atoms with van der Waals surface area (Å²) in [4.78, 5) is 20.0. The molecule has 0 saturated heterocycles. The average molecular weight is 379 g/mol. The molecule has 2 aromatic carbocycles. The normalized spacial score (nSPS) is 11.0. The number of nitrogen functional groups attached to an aromatic ring is 1. The minimum absolute atomic E-state index is 0.112. The molecule has 0 aliphatic carbocycles. The predicted octanol–water partition coefficient (Wildman–Crippen LogP) is 4.33. The second-order valence-corrected chi connectivity index (χ2v) is 6.21. The zero-order valence-electron chi connectivity index (χ0n) is 14.8. The van der Waals surface area contributed by atoms with Crippen LogP contribution in [0.5, 0.6) is 5.75 Å². The number of benzene rings is 2. The van der Waals surface area contributed by atoms with Crippen LogP contribution in [0.3, 0.4) is 0 Å². The molecule has 3 N–H and O–H groups in total. The van der Waals surface area contributed by atoms with E-state index in [1.54, 1.807) is 31.5 Å². The summed E-state index contributed by atoms with van der Waals surface area (Å²) >= 11 is 0. The first-order valence-electron chi connectivity index (χ1n) is 8.39. The highest BCUT2D eigenvalue weighted by molar-refractivity contribution is 6.16. The van der Waals surface area contributed by atoms with Crippen molar-refractivity contribution in [3.05, 3.63) is 77.6 Å². The third-order valence-corrected chi connectivity index (χ3v) is 4.55. The minimum atomic E-state index is -1.07. The number of H-pyrrole nitrogens is 1. The molecule has 0 atom stereocenters. The number of hydrogen-bond donors (Lipinski definition) is 2. The molecule has 7 heteroatoms. The van der Waals surface area contributed by atoms with E-state index in [9.17, 15) is 13.6 Å². The van der Waals surface area contributed by atoms with Crippen LogP contribution < -0.4 is 10.5 Å². The van der Waals surface area contributed by atoms with Gasteiger partial charge in [-0.15, -0.1) is 0 Å². The van der Waals surface area contributed by atoms with E-state index < -0.39 is 23.0 Å². The summed E-state index contributed by atoms with van der Waals surface area (Å²) in [7, 11) is 1.58. The minimum Gasteiger partial charge on any atom is -0.497 e. The van der Waals surface area contributed by atoms with Gasteiger partial charge in [-0.2, -0.15) is 0 Å². The molecule has 0 radical (unpaired) electrons. The number of halogens is 2. The van der Waals surface area contributed by atoms with Gasteiger partial charge in [0.15, 0.2) is 5.82 Å². The molecule has 0 aliphatic rings. The van der Waals surface area contributed by atoms with E-state index in [0.29, 0.717) is 16.8 Å². The third-order valence-electron chi connectivity index (χ3n) is 4.55. The van der Waals surface area contributed by atoms with Crippen LogP contribution in [0.2, 0.25) is 0 Å². The molecule has 0 bridgehead atoms. The molecule has 2 heterocycles. The molecular formula is C21H15F2N3O2. The smallest absolute Gasteiger partial charge is 0.201 e. The molecule has 0 fully saturated rings. The standard InChI is InChI=1S/C21H15F2N3O2/c1-28-13-4-2-11(3-5-13)12-8-14-15(10-26-21(14)25-9-12)20(27)18-16(22)6-7-17(24)19(18)23/h2-10H,24H2,1H3,(H,25,26).